The summed E-state index contributed by atoms with van der Waals surface area (Å²) in [4.78, 5) is 24.2. The molecule has 0 atom stereocenters. The number of hydrogen-bond acceptors (Lipinski definition) is 4. The Kier molecular flexibility index (Phi) is 6.12. The first-order valence-corrected chi connectivity index (χ1v) is 8.62. The number of carbonyl (C=O) groups excluding carboxylic acids is 2. The van der Waals surface area contributed by atoms with Crippen molar-refractivity contribution in [2.24, 2.45) is 0 Å². The maximum atomic E-state index is 12.0. The monoisotopic (exact) mass is 393 g/mol. The average molecular weight is 394 g/mol. The number of thiophene rings is 1. The summed E-state index contributed by atoms with van der Waals surface area (Å²) in [5, 5.41) is 3.38. The van der Waals surface area contributed by atoms with Crippen molar-refractivity contribution < 1.29 is 14.3 Å². The van der Waals surface area contributed by atoms with Gasteiger partial charge in [-0.1, -0.05) is 28.1 Å². The summed E-state index contributed by atoms with van der Waals surface area (Å²) >= 11 is 4.60. The molecule has 0 spiro atoms. The molecule has 0 fully saturated rings. The maximum Gasteiger partial charge on any atom is 0.348 e. The fourth-order valence-electron chi connectivity index (χ4n) is 1.89. The summed E-state index contributed by atoms with van der Waals surface area (Å²) in [5.41, 5.74) is 1.71. The summed E-state index contributed by atoms with van der Waals surface area (Å²) in [6.45, 7) is 3.90. The van der Waals surface area contributed by atoms with Gasteiger partial charge in [-0.05, 0) is 49.2 Å². The van der Waals surface area contributed by atoms with Crippen molar-refractivity contribution in [2.45, 2.75) is 13.8 Å². The number of hydrogen-bond donors (Lipinski definition) is 1. The summed E-state index contributed by atoms with van der Waals surface area (Å²) < 4.78 is 5.94. The van der Waals surface area contributed by atoms with Crippen LogP contribution in [0.5, 0.6) is 0 Å². The van der Waals surface area contributed by atoms with E-state index < -0.39 is 0 Å². The molecular weight excluding hydrogens is 378 g/mol. The smallest absolute Gasteiger partial charge is 0.348 e. The number of amides is 1. The van der Waals surface area contributed by atoms with E-state index in [1.54, 1.807) is 19.1 Å². The van der Waals surface area contributed by atoms with Crippen LogP contribution in [0.1, 0.15) is 27.7 Å². The van der Waals surface area contributed by atoms with Crippen molar-refractivity contribution in [3.8, 4) is 0 Å². The number of rotatable bonds is 5. The van der Waals surface area contributed by atoms with Gasteiger partial charge in [-0.15, -0.1) is 11.3 Å². The normalized spacial score (nSPS) is 10.7. The minimum absolute atomic E-state index is 0.248. The lowest BCUT2D eigenvalue weighted by atomic mass is 10.2. The van der Waals surface area contributed by atoms with E-state index in [4.69, 9.17) is 4.74 Å². The Labute approximate surface area is 147 Å². The number of esters is 1. The van der Waals surface area contributed by atoms with Crippen LogP contribution in [0.4, 0.5) is 5.00 Å². The molecular formula is C17H16BrNO3S. The van der Waals surface area contributed by atoms with Crippen molar-refractivity contribution in [1.29, 1.82) is 0 Å². The van der Waals surface area contributed by atoms with Crippen LogP contribution < -0.4 is 5.32 Å². The highest BCUT2D eigenvalue weighted by Crippen LogP contribution is 2.27. The van der Waals surface area contributed by atoms with Crippen LogP contribution in [0.15, 0.2) is 40.9 Å². The number of aryl methyl sites for hydroxylation is 1. The molecule has 1 aromatic carbocycles. The van der Waals surface area contributed by atoms with Gasteiger partial charge in [0.15, 0.2) is 0 Å². The van der Waals surface area contributed by atoms with E-state index in [1.807, 2.05) is 31.2 Å². The molecule has 0 saturated carbocycles. The Morgan fingerprint density at radius 3 is 2.83 bits per heavy atom. The third-order valence-electron chi connectivity index (χ3n) is 2.90. The first-order valence-electron chi connectivity index (χ1n) is 7.01. The van der Waals surface area contributed by atoms with E-state index >= 15 is 0 Å². The molecule has 0 radical (unpaired) electrons. The van der Waals surface area contributed by atoms with E-state index in [0.29, 0.717) is 16.5 Å². The zero-order valence-corrected chi connectivity index (χ0v) is 15.2. The summed E-state index contributed by atoms with van der Waals surface area (Å²) in [6, 6.07) is 9.40. The van der Waals surface area contributed by atoms with Crippen molar-refractivity contribution in [1.82, 2.24) is 0 Å². The van der Waals surface area contributed by atoms with Gasteiger partial charge in [-0.25, -0.2) is 4.79 Å². The molecule has 1 heterocycles. The largest absolute Gasteiger partial charge is 0.462 e. The molecule has 2 rings (SSSR count). The molecule has 1 amide bonds. The third kappa shape index (κ3) is 5.04. The number of carbonyl (C=O) groups is 2. The Hall–Kier alpha value is -1.92. The van der Waals surface area contributed by atoms with E-state index in [9.17, 15) is 9.59 Å². The van der Waals surface area contributed by atoms with Crippen LogP contribution in [-0.2, 0) is 9.53 Å². The Bertz CT molecular complexity index is 752. The van der Waals surface area contributed by atoms with Gasteiger partial charge in [0, 0.05) is 10.5 Å². The van der Waals surface area contributed by atoms with Crippen LogP contribution >= 0.6 is 27.3 Å². The second-order valence-corrected chi connectivity index (χ2v) is 6.69. The second kappa shape index (κ2) is 8.08. The number of ether oxygens (including phenoxy) is 1. The Morgan fingerprint density at radius 1 is 1.35 bits per heavy atom. The quantitative estimate of drug-likeness (QED) is 0.594. The molecule has 0 aliphatic heterocycles. The SMILES string of the molecule is CCOC(=O)c1sc(NC(=O)/C=C/c2cccc(Br)c2)cc1C. The van der Waals surface area contributed by atoms with Crippen LogP contribution in [-0.4, -0.2) is 18.5 Å². The highest BCUT2D eigenvalue weighted by molar-refractivity contribution is 9.10. The van der Waals surface area contributed by atoms with E-state index in [0.717, 1.165) is 15.6 Å². The molecule has 2 aromatic rings. The molecule has 1 N–H and O–H groups in total. The van der Waals surface area contributed by atoms with Crippen molar-refractivity contribution in [2.75, 3.05) is 11.9 Å². The summed E-state index contributed by atoms with van der Waals surface area (Å²) in [5.74, 6) is -0.609. The molecule has 120 valence electrons. The van der Waals surface area contributed by atoms with Gasteiger partial charge >= 0.3 is 5.97 Å². The Morgan fingerprint density at radius 2 is 2.13 bits per heavy atom. The minimum atomic E-state index is -0.361. The summed E-state index contributed by atoms with van der Waals surface area (Å²) in [7, 11) is 0. The number of anilines is 1. The molecule has 0 bridgehead atoms. The van der Waals surface area contributed by atoms with Crippen LogP contribution in [0.25, 0.3) is 6.08 Å². The number of halogens is 1. The predicted octanol–water partition coefficient (Wildman–Crippen LogP) is 4.65. The van der Waals surface area contributed by atoms with Crippen molar-refractivity contribution >= 4 is 50.2 Å². The Balaban J connectivity index is 2.03. The molecule has 23 heavy (non-hydrogen) atoms. The molecule has 0 unspecified atom stereocenters. The maximum absolute atomic E-state index is 12.0. The van der Waals surface area contributed by atoms with Crippen molar-refractivity contribution in [3.63, 3.8) is 0 Å². The number of nitrogens with one attached hydrogen (secondary N) is 1. The highest BCUT2D eigenvalue weighted by atomic mass is 79.9. The molecule has 6 heteroatoms. The van der Waals surface area contributed by atoms with E-state index in [-0.39, 0.29) is 11.9 Å². The van der Waals surface area contributed by atoms with Crippen LogP contribution in [0.2, 0.25) is 0 Å². The van der Waals surface area contributed by atoms with Crippen molar-refractivity contribution in [3.05, 3.63) is 56.9 Å². The lowest BCUT2D eigenvalue weighted by Crippen LogP contribution is -2.06. The van der Waals surface area contributed by atoms with Gasteiger partial charge in [0.1, 0.15) is 4.88 Å². The van der Waals surface area contributed by atoms with Crippen LogP contribution in [0, 0.1) is 6.92 Å². The zero-order valence-electron chi connectivity index (χ0n) is 12.8. The third-order valence-corrected chi connectivity index (χ3v) is 4.53. The standard InChI is InChI=1S/C17H16BrNO3S/c1-3-22-17(21)16-11(2)9-15(23-16)19-14(20)8-7-12-5-4-6-13(18)10-12/h4-10H,3H2,1-2H3,(H,19,20)/b8-7+. The molecule has 0 aliphatic carbocycles. The van der Waals surface area contributed by atoms with Gasteiger partial charge in [0.05, 0.1) is 11.6 Å². The van der Waals surface area contributed by atoms with E-state index in [2.05, 4.69) is 21.2 Å². The fourth-order valence-corrected chi connectivity index (χ4v) is 3.27. The van der Waals surface area contributed by atoms with Gasteiger partial charge in [0.2, 0.25) is 5.91 Å². The second-order valence-electron chi connectivity index (χ2n) is 4.72. The molecule has 1 aromatic heterocycles. The average Bonchev–Trinajstić information content (AvgIpc) is 2.86. The zero-order chi connectivity index (χ0) is 16.8. The van der Waals surface area contributed by atoms with Gasteiger partial charge in [-0.3, -0.25) is 4.79 Å². The van der Waals surface area contributed by atoms with Gasteiger partial charge in [0.25, 0.3) is 0 Å². The predicted molar refractivity (Wildman–Crippen MR) is 96.8 cm³/mol. The van der Waals surface area contributed by atoms with Gasteiger partial charge < -0.3 is 10.1 Å². The lowest BCUT2D eigenvalue weighted by molar-refractivity contribution is -0.111. The molecule has 0 saturated heterocycles. The fraction of sp³-hybridized carbons (Fsp3) is 0.176. The minimum Gasteiger partial charge on any atom is -0.462 e. The van der Waals surface area contributed by atoms with E-state index in [1.165, 1.54) is 17.4 Å². The lowest BCUT2D eigenvalue weighted by Gasteiger charge is -1.99. The summed E-state index contributed by atoms with van der Waals surface area (Å²) in [6.07, 6.45) is 3.19. The molecule has 4 nitrogen and oxygen atoms in total. The van der Waals surface area contributed by atoms with Gasteiger partial charge in [-0.2, -0.15) is 0 Å². The molecule has 0 aliphatic rings. The van der Waals surface area contributed by atoms with Crippen LogP contribution in [0.3, 0.4) is 0 Å². The highest BCUT2D eigenvalue weighted by Gasteiger charge is 2.15. The number of benzene rings is 1. The first-order chi connectivity index (χ1) is 11.0. The topological polar surface area (TPSA) is 55.4 Å². The first kappa shape index (κ1) is 17.4.